The third-order valence-electron chi connectivity index (χ3n) is 7.08. The highest BCUT2D eigenvalue weighted by Gasteiger charge is 2.18. The second kappa shape index (κ2) is 10.6. The van der Waals surface area contributed by atoms with E-state index in [0.717, 1.165) is 46.2 Å². The van der Waals surface area contributed by atoms with Crippen LogP contribution in [0.5, 0.6) is 0 Å². The van der Waals surface area contributed by atoms with Gasteiger partial charge in [0.25, 0.3) is 0 Å². The molecule has 2 N–H and O–H groups in total. The smallest absolute Gasteiger partial charge is 0.159 e. The van der Waals surface area contributed by atoms with Crippen LogP contribution in [0.15, 0.2) is 78.1 Å². The number of fused-ring (bicyclic) bond motifs is 2. The summed E-state index contributed by atoms with van der Waals surface area (Å²) in [4.78, 5) is 16.9. The van der Waals surface area contributed by atoms with Crippen LogP contribution in [0.1, 0.15) is 37.7 Å². The van der Waals surface area contributed by atoms with Crippen LogP contribution >= 0.6 is 0 Å². The zero-order valence-corrected chi connectivity index (χ0v) is 21.7. The van der Waals surface area contributed by atoms with Gasteiger partial charge in [0.15, 0.2) is 5.82 Å². The van der Waals surface area contributed by atoms with Crippen molar-refractivity contribution in [2.75, 3.05) is 7.05 Å². The Morgan fingerprint density at radius 3 is 2.77 bits per heavy atom. The third kappa shape index (κ3) is 5.10. The fourth-order valence-corrected chi connectivity index (χ4v) is 5.15. The van der Waals surface area contributed by atoms with Gasteiger partial charge < -0.3 is 9.72 Å². The number of halogens is 1. The Morgan fingerprint density at radius 1 is 1.08 bits per heavy atom. The fraction of sp³-hybridized carbons (Fsp3) is 0.226. The monoisotopic (exact) mass is 520 g/mol. The molecule has 2 aromatic carbocycles. The van der Waals surface area contributed by atoms with Gasteiger partial charge in [-0.3, -0.25) is 15.1 Å². The molecule has 0 aliphatic heterocycles. The summed E-state index contributed by atoms with van der Waals surface area (Å²) in [6.45, 7) is 4.31. The van der Waals surface area contributed by atoms with Crippen LogP contribution in [0.2, 0.25) is 0 Å². The summed E-state index contributed by atoms with van der Waals surface area (Å²) < 4.78 is 20.2. The molecule has 1 aliphatic rings. The first-order valence-corrected chi connectivity index (χ1v) is 13.2. The standard InChI is InChI=1S/C31H29FN6O/c1-19(15-24(18-33-2)39-23-9-4-3-5-10-23)20-11-12-26-25(17-20)29(38-37-26)31-35-27-13-14-34-28(30(27)36-31)21-7-6-8-22(32)16-21/h6-8,11-18,23H,1,3-5,9-10H2,2H3,(H,35,36)(H,37,38)/b24-15+,33-18-. The summed E-state index contributed by atoms with van der Waals surface area (Å²) in [7, 11) is 1.74. The zero-order valence-electron chi connectivity index (χ0n) is 21.7. The van der Waals surface area contributed by atoms with Gasteiger partial charge in [-0.2, -0.15) is 5.10 Å². The highest BCUT2D eigenvalue weighted by molar-refractivity contribution is 5.97. The molecule has 0 spiro atoms. The lowest BCUT2D eigenvalue weighted by atomic mass is 9.97. The molecule has 0 saturated heterocycles. The van der Waals surface area contributed by atoms with Crippen molar-refractivity contribution in [2.45, 2.75) is 38.2 Å². The Morgan fingerprint density at radius 2 is 1.95 bits per heavy atom. The summed E-state index contributed by atoms with van der Waals surface area (Å²) in [6.07, 6.45) is 11.4. The molecule has 7 nitrogen and oxygen atoms in total. The maximum Gasteiger partial charge on any atom is 0.159 e. The van der Waals surface area contributed by atoms with Gasteiger partial charge in [-0.15, -0.1) is 0 Å². The molecule has 1 aliphatic carbocycles. The number of H-pyrrole nitrogens is 2. The Bertz CT molecular complexity index is 1720. The van der Waals surface area contributed by atoms with E-state index in [9.17, 15) is 4.39 Å². The Labute approximate surface area is 225 Å². The predicted octanol–water partition coefficient (Wildman–Crippen LogP) is 7.25. The first kappa shape index (κ1) is 24.7. The summed E-state index contributed by atoms with van der Waals surface area (Å²) in [5.41, 5.74) is 6.04. The van der Waals surface area contributed by atoms with Gasteiger partial charge in [-0.25, -0.2) is 9.37 Å². The lowest BCUT2D eigenvalue weighted by Crippen LogP contribution is -2.16. The Balaban J connectivity index is 1.35. The summed E-state index contributed by atoms with van der Waals surface area (Å²) in [5, 5.41) is 8.56. The van der Waals surface area contributed by atoms with E-state index in [2.05, 4.69) is 31.7 Å². The largest absolute Gasteiger partial charge is 0.489 e. The highest BCUT2D eigenvalue weighted by atomic mass is 19.1. The minimum atomic E-state index is -0.320. The second-order valence-corrected chi connectivity index (χ2v) is 9.82. The molecule has 5 aromatic rings. The number of aromatic amines is 2. The number of allylic oxidation sites excluding steroid dienone is 3. The van der Waals surface area contributed by atoms with E-state index in [1.54, 1.807) is 25.5 Å². The van der Waals surface area contributed by atoms with Crippen molar-refractivity contribution in [3.05, 3.63) is 84.5 Å². The highest BCUT2D eigenvalue weighted by Crippen LogP contribution is 2.32. The number of pyridine rings is 1. The topological polar surface area (TPSA) is 91.8 Å². The third-order valence-corrected chi connectivity index (χ3v) is 7.08. The maximum atomic E-state index is 13.9. The Kier molecular flexibility index (Phi) is 6.75. The molecule has 0 bridgehead atoms. The summed E-state index contributed by atoms with van der Waals surface area (Å²) in [6, 6.07) is 14.3. The predicted molar refractivity (Wildman–Crippen MR) is 154 cm³/mol. The molecule has 6 rings (SSSR count). The van der Waals surface area contributed by atoms with E-state index in [-0.39, 0.29) is 11.9 Å². The first-order chi connectivity index (χ1) is 19.1. The van der Waals surface area contributed by atoms with E-state index in [0.29, 0.717) is 28.3 Å². The van der Waals surface area contributed by atoms with E-state index in [1.807, 2.05) is 36.4 Å². The molecule has 0 radical (unpaired) electrons. The van der Waals surface area contributed by atoms with Crippen LogP contribution in [0.4, 0.5) is 4.39 Å². The first-order valence-electron chi connectivity index (χ1n) is 13.2. The minimum Gasteiger partial charge on any atom is -0.489 e. The van der Waals surface area contributed by atoms with Crippen molar-refractivity contribution in [3.63, 3.8) is 0 Å². The summed E-state index contributed by atoms with van der Waals surface area (Å²) in [5.74, 6) is 0.996. The molecule has 0 unspecified atom stereocenters. The Hall–Kier alpha value is -4.59. The SMILES string of the molecule is C=C(/C=C(\C=N/C)OC1CCCCC1)c1ccc2[nH]nc(-c3nc4c(-c5cccc(F)c5)nccc4[nH]3)c2c1. The molecule has 0 atom stereocenters. The van der Waals surface area contributed by atoms with Crippen LogP contribution in [-0.2, 0) is 4.74 Å². The molecule has 3 heterocycles. The van der Waals surface area contributed by atoms with Gasteiger partial charge in [0, 0.05) is 24.2 Å². The molecular weight excluding hydrogens is 491 g/mol. The van der Waals surface area contributed by atoms with Crippen molar-refractivity contribution >= 4 is 33.7 Å². The quantitative estimate of drug-likeness (QED) is 0.134. The van der Waals surface area contributed by atoms with E-state index >= 15 is 0 Å². The minimum absolute atomic E-state index is 0.221. The number of nitrogens with zero attached hydrogens (tertiary/aromatic N) is 4. The van der Waals surface area contributed by atoms with Crippen LogP contribution < -0.4 is 0 Å². The van der Waals surface area contributed by atoms with Crippen LogP contribution in [0.25, 0.3) is 50.3 Å². The van der Waals surface area contributed by atoms with Gasteiger partial charge in [0.05, 0.1) is 29.0 Å². The van der Waals surface area contributed by atoms with Crippen molar-refractivity contribution in [2.24, 2.45) is 4.99 Å². The number of imidazole rings is 1. The zero-order chi connectivity index (χ0) is 26.8. The van der Waals surface area contributed by atoms with Crippen LogP contribution in [0.3, 0.4) is 0 Å². The number of hydrogen-bond donors (Lipinski definition) is 2. The molecular formula is C31H29FN6O. The molecule has 1 saturated carbocycles. The van der Waals surface area contributed by atoms with Gasteiger partial charge in [0.1, 0.15) is 22.8 Å². The van der Waals surface area contributed by atoms with Gasteiger partial charge in [0.2, 0.25) is 0 Å². The van der Waals surface area contributed by atoms with E-state index < -0.39 is 0 Å². The van der Waals surface area contributed by atoms with Crippen molar-refractivity contribution in [3.8, 4) is 22.8 Å². The number of hydrogen-bond acceptors (Lipinski definition) is 5. The van der Waals surface area contributed by atoms with E-state index in [1.165, 1.54) is 31.4 Å². The van der Waals surface area contributed by atoms with E-state index in [4.69, 9.17) is 9.72 Å². The molecule has 3 aromatic heterocycles. The number of benzene rings is 2. The van der Waals surface area contributed by atoms with Crippen molar-refractivity contribution in [1.82, 2.24) is 25.1 Å². The number of nitrogens with one attached hydrogen (secondary N) is 2. The number of rotatable bonds is 7. The van der Waals surface area contributed by atoms with Crippen LogP contribution in [0, 0.1) is 5.82 Å². The van der Waals surface area contributed by atoms with Crippen molar-refractivity contribution in [1.29, 1.82) is 0 Å². The molecule has 39 heavy (non-hydrogen) atoms. The molecule has 1 fully saturated rings. The van der Waals surface area contributed by atoms with Gasteiger partial charge >= 0.3 is 0 Å². The lowest BCUT2D eigenvalue weighted by Gasteiger charge is -2.23. The normalized spacial score (nSPS) is 15.0. The molecule has 0 amide bonds. The average molecular weight is 521 g/mol. The lowest BCUT2D eigenvalue weighted by molar-refractivity contribution is 0.0953. The van der Waals surface area contributed by atoms with Gasteiger partial charge in [-0.05, 0) is 73.2 Å². The van der Waals surface area contributed by atoms with Crippen LogP contribution in [-0.4, -0.2) is 44.5 Å². The summed E-state index contributed by atoms with van der Waals surface area (Å²) >= 11 is 0. The average Bonchev–Trinajstić information content (AvgIpc) is 3.57. The second-order valence-electron chi connectivity index (χ2n) is 9.82. The molecule has 196 valence electrons. The number of aliphatic imine (C=N–C) groups is 1. The number of ether oxygens (including phenoxy) is 1. The number of aromatic nitrogens is 5. The van der Waals surface area contributed by atoms with Crippen molar-refractivity contribution < 1.29 is 9.13 Å². The fourth-order valence-electron chi connectivity index (χ4n) is 5.15. The van der Waals surface area contributed by atoms with Gasteiger partial charge in [-0.1, -0.05) is 31.2 Å². The molecule has 8 heteroatoms. The maximum absolute atomic E-state index is 13.9.